The maximum atomic E-state index is 12.4. The Kier molecular flexibility index (Phi) is 6.95. The van der Waals surface area contributed by atoms with Crippen molar-refractivity contribution in [2.45, 2.75) is 35.2 Å². The van der Waals surface area contributed by atoms with Crippen LogP contribution in [0, 0.1) is 0 Å². The summed E-state index contributed by atoms with van der Waals surface area (Å²) in [6.45, 7) is 0.0520. The van der Waals surface area contributed by atoms with Crippen molar-refractivity contribution >= 4 is 32.0 Å². The molecule has 0 bridgehead atoms. The molecule has 0 unspecified atom stereocenters. The molecule has 2 aromatic carbocycles. The Labute approximate surface area is 183 Å². The predicted molar refractivity (Wildman–Crippen MR) is 118 cm³/mol. The zero-order valence-corrected chi connectivity index (χ0v) is 18.9. The minimum atomic E-state index is -3.62. The number of nitrogens with one attached hydrogen (secondary N) is 2. The number of carbonyl (C=O) groups is 1. The molecule has 2 N–H and O–H groups in total. The lowest BCUT2D eigenvalue weighted by Crippen LogP contribution is -2.26. The van der Waals surface area contributed by atoms with Crippen LogP contribution < -0.4 is 10.0 Å². The van der Waals surface area contributed by atoms with Crippen molar-refractivity contribution in [3.63, 3.8) is 0 Å². The third kappa shape index (κ3) is 6.01. The van der Waals surface area contributed by atoms with Gasteiger partial charge in [-0.05, 0) is 48.2 Å². The Bertz CT molecular complexity index is 1180. The number of carbonyl (C=O) groups excluding carboxylic acids is 1. The van der Waals surface area contributed by atoms with E-state index in [1.54, 1.807) is 36.4 Å². The first-order valence-corrected chi connectivity index (χ1v) is 12.6. The fourth-order valence-corrected chi connectivity index (χ4v) is 5.18. The molecule has 0 spiro atoms. The van der Waals surface area contributed by atoms with Gasteiger partial charge in [-0.3, -0.25) is 4.79 Å². The molecule has 8 nitrogen and oxygen atoms in total. The van der Waals surface area contributed by atoms with Crippen LogP contribution in [0.15, 0.2) is 64.4 Å². The van der Waals surface area contributed by atoms with Gasteiger partial charge in [0.1, 0.15) is 0 Å². The van der Waals surface area contributed by atoms with Crippen LogP contribution in [0.25, 0.3) is 6.08 Å². The fourth-order valence-electron chi connectivity index (χ4n) is 2.76. The van der Waals surface area contributed by atoms with E-state index in [2.05, 4.69) is 10.0 Å². The van der Waals surface area contributed by atoms with Crippen LogP contribution in [-0.2, 0) is 31.4 Å². The first kappa shape index (κ1) is 23.1. The molecule has 0 aliphatic heterocycles. The Morgan fingerprint density at radius 2 is 1.68 bits per heavy atom. The third-order valence-electron chi connectivity index (χ3n) is 4.70. The van der Waals surface area contributed by atoms with Gasteiger partial charge in [-0.1, -0.05) is 30.3 Å². The topological polar surface area (TPSA) is 113 Å². The lowest BCUT2D eigenvalue weighted by atomic mass is 10.2. The van der Waals surface area contributed by atoms with Gasteiger partial charge in [0.15, 0.2) is 0 Å². The summed E-state index contributed by atoms with van der Waals surface area (Å²) in [6.07, 6.45) is 4.60. The molecular formula is C21H25N3O5S2. The molecule has 1 aliphatic rings. The molecule has 3 rings (SSSR count). The standard InChI is InChI=1S/C21H25N3O5S2/c1-24(2)31(28,29)20-6-4-3-5-17(20)15-22-21(25)14-9-16-7-12-19(13-8-16)30(26,27)23-18-10-11-18/h3-9,12-14,18,23H,10-11,15H2,1-2H3,(H,22,25)/b14-9+. The van der Waals surface area contributed by atoms with E-state index in [0.29, 0.717) is 11.1 Å². The first-order chi connectivity index (χ1) is 14.6. The third-order valence-corrected chi connectivity index (χ3v) is 8.15. The number of amides is 1. The largest absolute Gasteiger partial charge is 0.348 e. The second-order valence-electron chi connectivity index (χ2n) is 7.41. The summed E-state index contributed by atoms with van der Waals surface area (Å²) in [6, 6.07) is 12.7. The predicted octanol–water partition coefficient (Wildman–Crippen LogP) is 1.71. The minimum absolute atomic E-state index is 0.0334. The number of nitrogens with zero attached hydrogens (tertiary/aromatic N) is 1. The average Bonchev–Trinajstić information content (AvgIpc) is 3.54. The maximum Gasteiger partial charge on any atom is 0.244 e. The number of rotatable bonds is 9. The van der Waals surface area contributed by atoms with Gasteiger partial charge in [0.25, 0.3) is 0 Å². The van der Waals surface area contributed by atoms with Crippen LogP contribution in [0.3, 0.4) is 0 Å². The number of hydrogen-bond donors (Lipinski definition) is 2. The van der Waals surface area contributed by atoms with Gasteiger partial charge in [0.05, 0.1) is 9.79 Å². The molecule has 2 aromatic rings. The summed E-state index contributed by atoms with van der Waals surface area (Å²) in [4.78, 5) is 12.5. The number of sulfonamides is 2. The molecule has 0 radical (unpaired) electrons. The summed E-state index contributed by atoms with van der Waals surface area (Å²) < 4.78 is 52.9. The molecule has 166 valence electrons. The quantitative estimate of drug-likeness (QED) is 0.550. The molecule has 0 aromatic heterocycles. The molecule has 1 aliphatic carbocycles. The Morgan fingerprint density at radius 1 is 1.03 bits per heavy atom. The van der Waals surface area contributed by atoms with E-state index in [0.717, 1.165) is 17.1 Å². The highest BCUT2D eigenvalue weighted by molar-refractivity contribution is 7.89. The van der Waals surface area contributed by atoms with E-state index < -0.39 is 26.0 Å². The van der Waals surface area contributed by atoms with E-state index in [1.165, 1.54) is 38.4 Å². The van der Waals surface area contributed by atoms with Crippen LogP contribution in [0.1, 0.15) is 24.0 Å². The lowest BCUT2D eigenvalue weighted by Gasteiger charge is -2.15. The van der Waals surface area contributed by atoms with Crippen LogP contribution in [0.4, 0.5) is 0 Å². The summed E-state index contributed by atoms with van der Waals surface area (Å²) >= 11 is 0. The minimum Gasteiger partial charge on any atom is -0.348 e. The second kappa shape index (κ2) is 9.31. The van der Waals surface area contributed by atoms with Crippen molar-refractivity contribution in [3.05, 3.63) is 65.7 Å². The van der Waals surface area contributed by atoms with Gasteiger partial charge in [0.2, 0.25) is 26.0 Å². The van der Waals surface area contributed by atoms with Crippen molar-refractivity contribution in [1.29, 1.82) is 0 Å². The van der Waals surface area contributed by atoms with E-state index in [9.17, 15) is 21.6 Å². The van der Waals surface area contributed by atoms with E-state index in [4.69, 9.17) is 0 Å². The monoisotopic (exact) mass is 463 g/mol. The number of benzene rings is 2. The molecule has 1 saturated carbocycles. The molecule has 10 heteroatoms. The van der Waals surface area contributed by atoms with Crippen LogP contribution >= 0.6 is 0 Å². The summed E-state index contributed by atoms with van der Waals surface area (Å²) in [7, 11) is -4.23. The molecule has 0 atom stereocenters. The van der Waals surface area contributed by atoms with Gasteiger partial charge in [0, 0.05) is 32.8 Å². The van der Waals surface area contributed by atoms with E-state index >= 15 is 0 Å². The molecule has 0 saturated heterocycles. The SMILES string of the molecule is CN(C)S(=O)(=O)c1ccccc1CNC(=O)/C=C/c1ccc(S(=O)(=O)NC2CC2)cc1. The molecule has 31 heavy (non-hydrogen) atoms. The van der Waals surface area contributed by atoms with Crippen molar-refractivity contribution < 1.29 is 21.6 Å². The summed E-state index contributed by atoms with van der Waals surface area (Å²) in [5.41, 5.74) is 1.15. The average molecular weight is 464 g/mol. The first-order valence-electron chi connectivity index (χ1n) is 9.68. The summed E-state index contributed by atoms with van der Waals surface area (Å²) in [5, 5.41) is 2.67. The van der Waals surface area contributed by atoms with Crippen molar-refractivity contribution in [2.24, 2.45) is 0 Å². The van der Waals surface area contributed by atoms with Gasteiger partial charge in [-0.25, -0.2) is 25.9 Å². The molecule has 1 fully saturated rings. The Balaban J connectivity index is 1.62. The summed E-state index contributed by atoms with van der Waals surface area (Å²) in [5.74, 6) is -0.399. The van der Waals surface area contributed by atoms with Crippen molar-refractivity contribution in [3.8, 4) is 0 Å². The zero-order valence-electron chi connectivity index (χ0n) is 17.3. The fraction of sp³-hybridized carbons (Fsp3) is 0.286. The molecular weight excluding hydrogens is 438 g/mol. The van der Waals surface area contributed by atoms with Crippen LogP contribution in [0.5, 0.6) is 0 Å². The second-order valence-corrected chi connectivity index (χ2v) is 11.2. The highest BCUT2D eigenvalue weighted by Crippen LogP contribution is 2.22. The lowest BCUT2D eigenvalue weighted by molar-refractivity contribution is -0.116. The Hall–Kier alpha value is -2.53. The number of hydrogen-bond acceptors (Lipinski definition) is 5. The van der Waals surface area contributed by atoms with Gasteiger partial charge in [-0.2, -0.15) is 0 Å². The maximum absolute atomic E-state index is 12.4. The smallest absolute Gasteiger partial charge is 0.244 e. The highest BCUT2D eigenvalue weighted by atomic mass is 32.2. The van der Waals surface area contributed by atoms with Gasteiger partial charge >= 0.3 is 0 Å². The molecule has 0 heterocycles. The normalized spacial score (nSPS) is 14.8. The highest BCUT2D eigenvalue weighted by Gasteiger charge is 2.27. The van der Waals surface area contributed by atoms with E-state index in [-0.39, 0.29) is 22.4 Å². The van der Waals surface area contributed by atoms with Crippen molar-refractivity contribution in [2.75, 3.05) is 14.1 Å². The zero-order chi connectivity index (χ0) is 22.6. The van der Waals surface area contributed by atoms with Crippen LogP contribution in [-0.4, -0.2) is 47.2 Å². The van der Waals surface area contributed by atoms with Crippen LogP contribution in [0.2, 0.25) is 0 Å². The van der Waals surface area contributed by atoms with E-state index in [1.807, 2.05) is 0 Å². The Morgan fingerprint density at radius 3 is 2.29 bits per heavy atom. The van der Waals surface area contributed by atoms with Gasteiger partial charge in [-0.15, -0.1) is 0 Å². The van der Waals surface area contributed by atoms with Crippen molar-refractivity contribution in [1.82, 2.24) is 14.3 Å². The van der Waals surface area contributed by atoms with Gasteiger partial charge < -0.3 is 5.32 Å². The molecule has 1 amide bonds.